The van der Waals surface area contributed by atoms with Gasteiger partial charge in [-0.3, -0.25) is 4.79 Å². The lowest BCUT2D eigenvalue weighted by atomic mass is 9.70. The van der Waals surface area contributed by atoms with Crippen molar-refractivity contribution in [1.82, 2.24) is 0 Å². The number of aliphatic hydroxyl groups is 2. The fraction of sp³-hybridized carbons (Fsp3) is 0.482. The fourth-order valence-corrected chi connectivity index (χ4v) is 9.13. The highest BCUT2D eigenvalue weighted by Crippen LogP contribution is 2.41. The molecule has 5 nitrogen and oxygen atoms in total. The van der Waals surface area contributed by atoms with Crippen LogP contribution in [-0.4, -0.2) is 38.6 Å². The number of benzene rings is 4. The summed E-state index contributed by atoms with van der Waals surface area (Å²) in [5, 5.41) is 30.8. The minimum Gasteiger partial charge on any atom is -0.508 e. The Bertz CT molecular complexity index is 2040. The average molecular weight is 829 g/mol. The van der Waals surface area contributed by atoms with Gasteiger partial charge >= 0.3 is 5.97 Å². The molecule has 5 rings (SSSR count). The molecular weight excluding hydrogens is 753 g/mol. The van der Waals surface area contributed by atoms with Crippen molar-refractivity contribution in [2.45, 2.75) is 174 Å². The number of aryl methyl sites for hydroxylation is 3. The second kappa shape index (κ2) is 22.1. The highest BCUT2D eigenvalue weighted by atomic mass is 16.5. The topological polar surface area (TPSA) is 87.0 Å². The third-order valence-corrected chi connectivity index (χ3v) is 14.3. The molecule has 330 valence electrons. The molecule has 4 aromatic rings. The lowest BCUT2D eigenvalue weighted by Crippen LogP contribution is -2.26. The Morgan fingerprint density at radius 1 is 0.574 bits per heavy atom. The number of hydrogen-bond donors (Lipinski definition) is 3. The second-order valence-corrected chi connectivity index (χ2v) is 17.4. The van der Waals surface area contributed by atoms with Gasteiger partial charge in [0.05, 0.1) is 11.2 Å². The van der Waals surface area contributed by atoms with E-state index in [-0.39, 0.29) is 22.9 Å². The van der Waals surface area contributed by atoms with Gasteiger partial charge in [-0.1, -0.05) is 152 Å². The maximum atomic E-state index is 11.3. The fourth-order valence-electron chi connectivity index (χ4n) is 9.13. The number of carbonyl (C=O) groups is 1. The first-order chi connectivity index (χ1) is 29.1. The summed E-state index contributed by atoms with van der Waals surface area (Å²) < 4.78 is 5.37. The smallest absolute Gasteiger partial charge is 0.306 e. The molecule has 0 saturated carbocycles. The molecule has 3 N–H and O–H groups in total. The van der Waals surface area contributed by atoms with Gasteiger partial charge in [-0.25, -0.2) is 0 Å². The molecule has 0 aromatic heterocycles. The number of ether oxygens (including phenoxy) is 1. The number of phenols is 1. The van der Waals surface area contributed by atoms with Crippen molar-refractivity contribution in [2.24, 2.45) is 0 Å². The molecule has 0 amide bonds. The molecule has 1 aliphatic rings. The van der Waals surface area contributed by atoms with Gasteiger partial charge in [0.2, 0.25) is 0 Å². The van der Waals surface area contributed by atoms with Crippen LogP contribution in [0.2, 0.25) is 0 Å². The Balaban J connectivity index is 0.000000276. The Labute approximate surface area is 369 Å². The van der Waals surface area contributed by atoms with Crippen LogP contribution in [-0.2, 0) is 26.8 Å². The molecule has 1 saturated heterocycles. The van der Waals surface area contributed by atoms with Gasteiger partial charge in [0.25, 0.3) is 0 Å². The molecule has 1 heterocycles. The first-order valence-corrected chi connectivity index (χ1v) is 23.3. The maximum absolute atomic E-state index is 11.3. The number of aromatic hydroxyl groups is 1. The van der Waals surface area contributed by atoms with Gasteiger partial charge in [-0.05, 0) is 147 Å². The van der Waals surface area contributed by atoms with Crippen molar-refractivity contribution in [1.29, 1.82) is 0 Å². The lowest BCUT2D eigenvalue weighted by molar-refractivity contribution is -0.141. The van der Waals surface area contributed by atoms with Crippen LogP contribution in [0, 0.1) is 13.8 Å². The molecule has 61 heavy (non-hydrogen) atoms. The van der Waals surface area contributed by atoms with Crippen molar-refractivity contribution in [3.05, 3.63) is 147 Å². The number of rotatable bonds is 19. The summed E-state index contributed by atoms with van der Waals surface area (Å²) in [6.45, 7) is 21.4. The Kier molecular flexibility index (Phi) is 17.8. The van der Waals surface area contributed by atoms with E-state index in [1.807, 2.05) is 58.1 Å². The maximum Gasteiger partial charge on any atom is 0.306 e. The van der Waals surface area contributed by atoms with Crippen molar-refractivity contribution in [2.75, 3.05) is 0 Å². The normalized spacial score (nSPS) is 15.0. The van der Waals surface area contributed by atoms with Gasteiger partial charge < -0.3 is 20.1 Å². The van der Waals surface area contributed by atoms with Crippen LogP contribution in [0.5, 0.6) is 5.75 Å². The quantitative estimate of drug-likeness (QED) is 0.0820. The van der Waals surface area contributed by atoms with E-state index in [0.29, 0.717) is 37.9 Å². The molecule has 0 spiro atoms. The number of esters is 1. The Hall–Kier alpha value is -4.45. The van der Waals surface area contributed by atoms with Crippen LogP contribution in [0.1, 0.15) is 176 Å². The summed E-state index contributed by atoms with van der Waals surface area (Å²) in [4.78, 5) is 11.3. The van der Waals surface area contributed by atoms with E-state index in [1.165, 1.54) is 38.9 Å². The van der Waals surface area contributed by atoms with Gasteiger partial charge in [0, 0.05) is 17.3 Å². The summed E-state index contributed by atoms with van der Waals surface area (Å²) in [7, 11) is 0. The largest absolute Gasteiger partial charge is 0.508 e. The van der Waals surface area contributed by atoms with Crippen LogP contribution in [0.15, 0.2) is 97.1 Å². The molecular formula is C56H76O5. The van der Waals surface area contributed by atoms with Crippen molar-refractivity contribution >= 4 is 18.1 Å². The van der Waals surface area contributed by atoms with Crippen molar-refractivity contribution in [3.63, 3.8) is 0 Å². The molecule has 1 atom stereocenters. The highest BCUT2D eigenvalue weighted by molar-refractivity contribution is 5.71. The van der Waals surface area contributed by atoms with Gasteiger partial charge in [0.1, 0.15) is 11.9 Å². The number of phenolic OH excluding ortho intramolecular Hbond substituents is 1. The third kappa shape index (κ3) is 11.9. The van der Waals surface area contributed by atoms with Gasteiger partial charge in [-0.15, -0.1) is 0 Å². The first-order valence-electron chi connectivity index (χ1n) is 23.3. The molecule has 0 unspecified atom stereocenters. The van der Waals surface area contributed by atoms with E-state index in [1.54, 1.807) is 12.1 Å². The zero-order chi connectivity index (χ0) is 44.8. The van der Waals surface area contributed by atoms with Crippen LogP contribution < -0.4 is 0 Å². The van der Waals surface area contributed by atoms with Crippen LogP contribution in [0.4, 0.5) is 0 Å². The molecule has 0 aliphatic carbocycles. The van der Waals surface area contributed by atoms with E-state index < -0.39 is 11.2 Å². The number of carbonyl (C=O) groups excluding carboxylic acids is 1. The number of hydrogen-bond acceptors (Lipinski definition) is 5. The molecule has 1 aliphatic heterocycles. The molecule has 1 fully saturated rings. The summed E-state index contributed by atoms with van der Waals surface area (Å²) >= 11 is 0. The number of cyclic esters (lactones) is 1. The predicted octanol–water partition coefficient (Wildman–Crippen LogP) is 13.7. The minimum absolute atomic E-state index is 0.0277. The van der Waals surface area contributed by atoms with E-state index in [0.717, 1.165) is 56.1 Å². The van der Waals surface area contributed by atoms with Crippen LogP contribution in [0.25, 0.3) is 12.2 Å². The standard InChI is InChI=1S/C31H42O3.C25H34O2/c1-6-30(33,7-2)21-20-25-13-16-27(22-23(25)5)31(8-3,9-4)26-14-10-24(11-15-26)12-17-28-18-19-29(32)34-28;1-6-24(27,7-2)17-16-20-10-11-22(18-19(20)5)25(8-3,9-4)21-12-14-23(26)15-13-21/h10-11,13-16,20-22,28,33H,6-9,12,17-19H2,1-5H3;10-18,26-27H,6-9H2,1-5H3/b21-20+;17-16+/t28-;/m1./s1. The average Bonchev–Trinajstić information content (AvgIpc) is 3.71. The SMILES string of the molecule is CCC(O)(/C=C/c1ccc(C(CC)(CC)c2ccc(CC[C@@H]3CCC(=O)O3)cc2)cc1C)CC.CCC(O)(/C=C/c1ccc(C(CC)(CC)c2ccc(O)cc2)cc1C)CC. The first kappa shape index (κ1) is 49.2. The van der Waals surface area contributed by atoms with E-state index in [4.69, 9.17) is 4.74 Å². The summed E-state index contributed by atoms with van der Waals surface area (Å²) in [5.41, 5.74) is 9.73. The Morgan fingerprint density at radius 3 is 1.31 bits per heavy atom. The molecule has 0 radical (unpaired) electrons. The summed E-state index contributed by atoms with van der Waals surface area (Å²) in [6.07, 6.45) is 18.2. The second-order valence-electron chi connectivity index (χ2n) is 17.4. The summed E-state index contributed by atoms with van der Waals surface area (Å²) in [6, 6.07) is 30.1. The van der Waals surface area contributed by atoms with Gasteiger partial charge in [-0.2, -0.15) is 0 Å². The highest BCUT2D eigenvalue weighted by Gasteiger charge is 2.32. The lowest BCUT2D eigenvalue weighted by Gasteiger charge is -2.34. The zero-order valence-corrected chi connectivity index (χ0v) is 39.1. The van der Waals surface area contributed by atoms with Gasteiger partial charge in [0.15, 0.2) is 0 Å². The third-order valence-electron chi connectivity index (χ3n) is 14.3. The zero-order valence-electron chi connectivity index (χ0n) is 39.1. The monoisotopic (exact) mass is 829 g/mol. The molecule has 5 heteroatoms. The van der Waals surface area contributed by atoms with Crippen molar-refractivity contribution < 1.29 is 24.9 Å². The minimum atomic E-state index is -0.733. The molecule has 4 aromatic carbocycles. The van der Waals surface area contributed by atoms with Crippen LogP contribution in [0.3, 0.4) is 0 Å². The predicted molar refractivity (Wildman–Crippen MR) is 256 cm³/mol. The van der Waals surface area contributed by atoms with E-state index >= 15 is 0 Å². The van der Waals surface area contributed by atoms with E-state index in [9.17, 15) is 20.1 Å². The Morgan fingerprint density at radius 2 is 0.967 bits per heavy atom. The van der Waals surface area contributed by atoms with Crippen LogP contribution >= 0.6 is 0 Å². The summed E-state index contributed by atoms with van der Waals surface area (Å²) in [5.74, 6) is 0.245. The van der Waals surface area contributed by atoms with E-state index in [2.05, 4.69) is 108 Å². The molecule has 0 bridgehead atoms. The van der Waals surface area contributed by atoms with Crippen molar-refractivity contribution in [3.8, 4) is 5.75 Å².